The van der Waals surface area contributed by atoms with Crippen LogP contribution in [0.15, 0.2) is 36.5 Å². The van der Waals surface area contributed by atoms with Gasteiger partial charge < -0.3 is 20.5 Å². The van der Waals surface area contributed by atoms with Gasteiger partial charge in [0.05, 0.1) is 24.4 Å². The van der Waals surface area contributed by atoms with Gasteiger partial charge in [-0.3, -0.25) is 4.79 Å². The van der Waals surface area contributed by atoms with E-state index in [0.29, 0.717) is 29.6 Å². The predicted molar refractivity (Wildman–Crippen MR) is 107 cm³/mol. The number of pyridine rings is 1. The summed E-state index contributed by atoms with van der Waals surface area (Å²) in [6, 6.07) is 8.97. The molecule has 0 saturated carbocycles. The largest absolute Gasteiger partial charge is 0.492 e. The lowest BCUT2D eigenvalue weighted by Gasteiger charge is -2.23. The van der Waals surface area contributed by atoms with E-state index in [1.54, 1.807) is 36.6 Å². The molecule has 3 rings (SSSR count). The molecule has 0 aliphatic carbocycles. The lowest BCUT2D eigenvalue weighted by Crippen LogP contribution is -2.46. The normalized spacial score (nSPS) is 11.5. The lowest BCUT2D eigenvalue weighted by atomic mass is 10.1. The number of aliphatic hydroxyl groups excluding tert-OH is 1. The van der Waals surface area contributed by atoms with Gasteiger partial charge in [-0.05, 0) is 57.5 Å². The third-order valence-corrected chi connectivity index (χ3v) is 4.12. The van der Waals surface area contributed by atoms with E-state index >= 15 is 0 Å². The van der Waals surface area contributed by atoms with Crippen LogP contribution in [-0.4, -0.2) is 44.4 Å². The van der Waals surface area contributed by atoms with Crippen molar-refractivity contribution in [2.45, 2.75) is 33.2 Å². The first-order valence-electron chi connectivity index (χ1n) is 9.11. The van der Waals surface area contributed by atoms with Crippen LogP contribution in [-0.2, 0) is 0 Å². The number of anilines is 2. The second-order valence-electron chi connectivity index (χ2n) is 7.21. The summed E-state index contributed by atoms with van der Waals surface area (Å²) in [5.41, 5.74) is 2.20. The SMILES string of the molecule is CCOc1cc(C(=O)NC(C)(C)CO)ccc1Nc1nc2ccc(C)cn2n1. The highest BCUT2D eigenvalue weighted by molar-refractivity contribution is 5.95. The van der Waals surface area contributed by atoms with E-state index in [0.717, 1.165) is 11.2 Å². The zero-order valence-electron chi connectivity index (χ0n) is 16.5. The Morgan fingerprint density at radius 1 is 1.29 bits per heavy atom. The maximum atomic E-state index is 12.5. The van der Waals surface area contributed by atoms with Crippen molar-refractivity contribution in [3.05, 3.63) is 47.7 Å². The Kier molecular flexibility index (Phi) is 5.51. The molecule has 0 unspecified atom stereocenters. The van der Waals surface area contributed by atoms with Crippen LogP contribution >= 0.6 is 0 Å². The van der Waals surface area contributed by atoms with Crippen molar-refractivity contribution >= 4 is 23.2 Å². The summed E-state index contributed by atoms with van der Waals surface area (Å²) in [4.78, 5) is 16.9. The first-order chi connectivity index (χ1) is 13.3. The Bertz CT molecular complexity index is 997. The van der Waals surface area contributed by atoms with Gasteiger partial charge in [-0.15, -0.1) is 5.10 Å². The van der Waals surface area contributed by atoms with Gasteiger partial charge in [0.2, 0.25) is 5.95 Å². The molecule has 0 aliphatic heterocycles. The van der Waals surface area contributed by atoms with Crippen molar-refractivity contribution < 1.29 is 14.6 Å². The average Bonchev–Trinajstić information content (AvgIpc) is 3.04. The minimum Gasteiger partial charge on any atom is -0.492 e. The van der Waals surface area contributed by atoms with E-state index in [4.69, 9.17) is 4.74 Å². The molecule has 0 radical (unpaired) electrons. The highest BCUT2D eigenvalue weighted by Crippen LogP contribution is 2.28. The van der Waals surface area contributed by atoms with E-state index in [9.17, 15) is 9.90 Å². The number of hydrogen-bond acceptors (Lipinski definition) is 6. The van der Waals surface area contributed by atoms with Crippen molar-refractivity contribution in [2.24, 2.45) is 0 Å². The van der Waals surface area contributed by atoms with Crippen molar-refractivity contribution in [1.29, 1.82) is 0 Å². The van der Waals surface area contributed by atoms with Gasteiger partial charge in [0.1, 0.15) is 5.75 Å². The maximum Gasteiger partial charge on any atom is 0.251 e. The Hall–Kier alpha value is -3.13. The van der Waals surface area contributed by atoms with Crippen LogP contribution in [0.5, 0.6) is 5.75 Å². The quantitative estimate of drug-likeness (QED) is 0.580. The first-order valence-corrected chi connectivity index (χ1v) is 9.11. The average molecular weight is 383 g/mol. The van der Waals surface area contributed by atoms with Crippen molar-refractivity contribution in [3.8, 4) is 5.75 Å². The Balaban J connectivity index is 1.86. The number of ether oxygens (including phenoxy) is 1. The van der Waals surface area contributed by atoms with Gasteiger partial charge in [0.15, 0.2) is 5.65 Å². The molecule has 0 bridgehead atoms. The van der Waals surface area contributed by atoms with Crippen LogP contribution in [0, 0.1) is 6.92 Å². The first kappa shape index (κ1) is 19.6. The molecule has 0 fully saturated rings. The Labute approximate surface area is 163 Å². The van der Waals surface area contributed by atoms with E-state index in [1.165, 1.54) is 0 Å². The summed E-state index contributed by atoms with van der Waals surface area (Å²) in [5, 5.41) is 19.7. The van der Waals surface area contributed by atoms with E-state index in [1.807, 2.05) is 32.2 Å². The molecule has 3 aromatic rings. The smallest absolute Gasteiger partial charge is 0.251 e. The number of fused-ring (bicyclic) bond motifs is 1. The van der Waals surface area contributed by atoms with Crippen LogP contribution in [0.25, 0.3) is 5.65 Å². The third-order valence-electron chi connectivity index (χ3n) is 4.12. The molecular weight excluding hydrogens is 358 g/mol. The summed E-state index contributed by atoms with van der Waals surface area (Å²) < 4.78 is 7.40. The van der Waals surface area contributed by atoms with E-state index < -0.39 is 5.54 Å². The highest BCUT2D eigenvalue weighted by atomic mass is 16.5. The monoisotopic (exact) mass is 383 g/mol. The van der Waals surface area contributed by atoms with Gasteiger partial charge in [0.25, 0.3) is 5.91 Å². The molecule has 2 heterocycles. The molecule has 148 valence electrons. The van der Waals surface area contributed by atoms with Gasteiger partial charge in [-0.1, -0.05) is 6.07 Å². The van der Waals surface area contributed by atoms with Gasteiger partial charge in [0, 0.05) is 11.8 Å². The molecule has 1 aromatic carbocycles. The Morgan fingerprint density at radius 2 is 2.07 bits per heavy atom. The summed E-state index contributed by atoms with van der Waals surface area (Å²) in [5.74, 6) is 0.671. The van der Waals surface area contributed by atoms with Crippen LogP contribution in [0.3, 0.4) is 0 Å². The summed E-state index contributed by atoms with van der Waals surface area (Å²) in [6.07, 6.45) is 1.90. The van der Waals surface area contributed by atoms with Crippen LogP contribution in [0.2, 0.25) is 0 Å². The zero-order valence-corrected chi connectivity index (χ0v) is 16.5. The molecule has 28 heavy (non-hydrogen) atoms. The zero-order chi connectivity index (χ0) is 20.3. The molecule has 0 atom stereocenters. The summed E-state index contributed by atoms with van der Waals surface area (Å²) in [7, 11) is 0. The molecule has 3 N–H and O–H groups in total. The van der Waals surface area contributed by atoms with E-state index in [-0.39, 0.29) is 12.5 Å². The second-order valence-corrected chi connectivity index (χ2v) is 7.21. The summed E-state index contributed by atoms with van der Waals surface area (Å²) >= 11 is 0. The fraction of sp³-hybridized carbons (Fsp3) is 0.350. The fourth-order valence-electron chi connectivity index (χ4n) is 2.62. The molecule has 1 amide bonds. The number of aliphatic hydroxyl groups is 1. The standard InChI is InChI=1S/C20H25N5O3/c1-5-28-16-10-14(18(27)23-20(3,4)12-26)7-8-15(16)21-19-22-17-9-6-13(2)11-25(17)24-19/h6-11,26H,5,12H2,1-4H3,(H,21,24)(H,23,27). The molecule has 0 spiro atoms. The predicted octanol–water partition coefficient (Wildman–Crippen LogP) is 2.68. The van der Waals surface area contributed by atoms with Crippen molar-refractivity contribution in [3.63, 3.8) is 0 Å². The molecule has 0 saturated heterocycles. The molecule has 2 aromatic heterocycles. The molecule has 8 nitrogen and oxygen atoms in total. The number of nitrogens with zero attached hydrogens (tertiary/aromatic N) is 3. The number of amides is 1. The molecule has 0 aliphatic rings. The summed E-state index contributed by atoms with van der Waals surface area (Å²) in [6.45, 7) is 7.65. The Morgan fingerprint density at radius 3 is 2.79 bits per heavy atom. The van der Waals surface area contributed by atoms with E-state index in [2.05, 4.69) is 20.7 Å². The van der Waals surface area contributed by atoms with Gasteiger partial charge in [-0.25, -0.2) is 4.52 Å². The fourth-order valence-corrected chi connectivity index (χ4v) is 2.62. The number of aryl methyl sites for hydroxylation is 1. The highest BCUT2D eigenvalue weighted by Gasteiger charge is 2.21. The third kappa shape index (κ3) is 4.40. The number of carbonyl (C=O) groups is 1. The van der Waals surface area contributed by atoms with Gasteiger partial charge >= 0.3 is 0 Å². The van der Waals surface area contributed by atoms with Crippen molar-refractivity contribution in [1.82, 2.24) is 19.9 Å². The number of carbonyl (C=O) groups excluding carboxylic acids is 1. The number of benzene rings is 1. The molecule has 8 heteroatoms. The van der Waals surface area contributed by atoms with Crippen LogP contribution in [0.4, 0.5) is 11.6 Å². The minimum absolute atomic E-state index is 0.157. The van der Waals surface area contributed by atoms with Crippen molar-refractivity contribution in [2.75, 3.05) is 18.5 Å². The lowest BCUT2D eigenvalue weighted by molar-refractivity contribution is 0.0869. The topological polar surface area (TPSA) is 101 Å². The number of aromatic nitrogens is 3. The second kappa shape index (κ2) is 7.85. The molecular formula is C20H25N5O3. The number of rotatable bonds is 7. The van der Waals surface area contributed by atoms with Crippen LogP contribution < -0.4 is 15.4 Å². The number of nitrogens with one attached hydrogen (secondary N) is 2. The van der Waals surface area contributed by atoms with Crippen LogP contribution in [0.1, 0.15) is 36.7 Å². The minimum atomic E-state index is -0.710. The maximum absolute atomic E-state index is 12.5. The van der Waals surface area contributed by atoms with Gasteiger partial charge in [-0.2, -0.15) is 4.98 Å². The number of hydrogen-bond donors (Lipinski definition) is 3.